The number of hydrogen-bond donors (Lipinski definition) is 0. The maximum absolute atomic E-state index is 13.1. The van der Waals surface area contributed by atoms with Crippen LogP contribution in [-0.4, -0.2) is 19.5 Å². The molecule has 130 valence electrons. The van der Waals surface area contributed by atoms with Crippen LogP contribution in [0, 0.1) is 13.8 Å². The Morgan fingerprint density at radius 3 is 2.77 bits per heavy atom. The summed E-state index contributed by atoms with van der Waals surface area (Å²) in [6, 6.07) is 11.2. The fourth-order valence-corrected chi connectivity index (χ4v) is 4.28. The smallest absolute Gasteiger partial charge is 0.267 e. The van der Waals surface area contributed by atoms with Gasteiger partial charge < -0.3 is 0 Å². The summed E-state index contributed by atoms with van der Waals surface area (Å²) in [6.45, 7) is 3.97. The summed E-state index contributed by atoms with van der Waals surface area (Å²) in [4.78, 5) is 26.7. The number of thioether (sulfide) groups is 1. The summed E-state index contributed by atoms with van der Waals surface area (Å²) >= 11 is 3.12. The minimum Gasteiger partial charge on any atom is -0.268 e. The van der Waals surface area contributed by atoms with Crippen LogP contribution < -0.4 is 5.56 Å². The molecule has 4 rings (SSSR count). The lowest BCUT2D eigenvalue weighted by atomic mass is 10.2. The molecule has 4 aromatic rings. The summed E-state index contributed by atoms with van der Waals surface area (Å²) in [5.74, 6) is 1.24. The third-order valence-electron chi connectivity index (χ3n) is 3.89. The first kappa shape index (κ1) is 16.9. The standard InChI is InChI=1S/C19H16N4OS2/c1-12-7-8-20-17(9-12)23-18(24)15-5-3-4-6-16(15)22-19(23)26-11-14-10-25-13(2)21-14/h3-10H,11H2,1-2H3. The van der Waals surface area contributed by atoms with Crippen molar-refractivity contribution in [3.8, 4) is 5.82 Å². The van der Waals surface area contributed by atoms with E-state index in [9.17, 15) is 4.79 Å². The number of fused-ring (bicyclic) bond motifs is 1. The molecule has 26 heavy (non-hydrogen) atoms. The van der Waals surface area contributed by atoms with Crippen molar-refractivity contribution in [3.05, 3.63) is 74.6 Å². The molecule has 0 aliphatic heterocycles. The Morgan fingerprint density at radius 2 is 2.00 bits per heavy atom. The molecular weight excluding hydrogens is 364 g/mol. The number of nitrogens with zero attached hydrogens (tertiary/aromatic N) is 4. The predicted octanol–water partition coefficient (Wildman–Crippen LogP) is 4.15. The Kier molecular flexibility index (Phi) is 4.57. The van der Waals surface area contributed by atoms with E-state index < -0.39 is 0 Å². The van der Waals surface area contributed by atoms with Crippen molar-refractivity contribution in [2.24, 2.45) is 0 Å². The Labute approximate surface area is 158 Å². The highest BCUT2D eigenvalue weighted by Crippen LogP contribution is 2.24. The van der Waals surface area contributed by atoms with Gasteiger partial charge in [0, 0.05) is 17.3 Å². The number of aromatic nitrogens is 4. The molecule has 0 unspecified atom stereocenters. The van der Waals surface area contributed by atoms with Gasteiger partial charge in [0.2, 0.25) is 0 Å². The first-order valence-corrected chi connectivity index (χ1v) is 9.97. The van der Waals surface area contributed by atoms with E-state index in [1.165, 1.54) is 11.8 Å². The number of hydrogen-bond acceptors (Lipinski definition) is 6. The number of aryl methyl sites for hydroxylation is 2. The first-order valence-electron chi connectivity index (χ1n) is 8.10. The maximum Gasteiger partial charge on any atom is 0.267 e. The molecule has 3 aromatic heterocycles. The number of thiazole rings is 1. The lowest BCUT2D eigenvalue weighted by molar-refractivity contribution is 0.794. The molecule has 0 amide bonds. The Bertz CT molecular complexity index is 1150. The van der Waals surface area contributed by atoms with Crippen LogP contribution in [0.4, 0.5) is 0 Å². The Balaban J connectivity index is 1.86. The van der Waals surface area contributed by atoms with Gasteiger partial charge in [-0.2, -0.15) is 0 Å². The molecule has 0 bridgehead atoms. The summed E-state index contributed by atoms with van der Waals surface area (Å²) < 4.78 is 1.60. The van der Waals surface area contributed by atoms with Crippen LogP contribution in [-0.2, 0) is 5.75 Å². The number of pyridine rings is 1. The van der Waals surface area contributed by atoms with E-state index in [2.05, 4.69) is 9.97 Å². The van der Waals surface area contributed by atoms with Crippen LogP contribution in [0.2, 0.25) is 0 Å². The zero-order chi connectivity index (χ0) is 18.1. The van der Waals surface area contributed by atoms with Gasteiger partial charge in [0.05, 0.1) is 21.6 Å². The number of para-hydroxylation sites is 1. The van der Waals surface area contributed by atoms with Crippen molar-refractivity contribution in [1.29, 1.82) is 0 Å². The fraction of sp³-hybridized carbons (Fsp3) is 0.158. The quantitative estimate of drug-likeness (QED) is 0.393. The molecule has 3 heterocycles. The predicted molar refractivity (Wildman–Crippen MR) is 106 cm³/mol. The molecule has 5 nitrogen and oxygen atoms in total. The molecule has 0 N–H and O–H groups in total. The average Bonchev–Trinajstić information content (AvgIpc) is 3.05. The molecule has 0 radical (unpaired) electrons. The summed E-state index contributed by atoms with van der Waals surface area (Å²) in [6.07, 6.45) is 1.71. The normalized spacial score (nSPS) is 11.2. The Morgan fingerprint density at radius 1 is 1.15 bits per heavy atom. The third kappa shape index (κ3) is 3.27. The highest BCUT2D eigenvalue weighted by atomic mass is 32.2. The monoisotopic (exact) mass is 380 g/mol. The van der Waals surface area contributed by atoms with E-state index in [1.54, 1.807) is 28.2 Å². The molecule has 0 saturated carbocycles. The van der Waals surface area contributed by atoms with Crippen LogP contribution in [0.1, 0.15) is 16.3 Å². The van der Waals surface area contributed by atoms with Gasteiger partial charge in [0.1, 0.15) is 5.82 Å². The first-order chi connectivity index (χ1) is 12.6. The zero-order valence-electron chi connectivity index (χ0n) is 14.3. The van der Waals surface area contributed by atoms with Gasteiger partial charge in [-0.15, -0.1) is 11.3 Å². The van der Waals surface area contributed by atoms with Crippen molar-refractivity contribution < 1.29 is 0 Å². The van der Waals surface area contributed by atoms with Crippen molar-refractivity contribution in [3.63, 3.8) is 0 Å². The molecular formula is C19H16N4OS2. The number of benzene rings is 1. The van der Waals surface area contributed by atoms with Crippen molar-refractivity contribution >= 4 is 34.0 Å². The maximum atomic E-state index is 13.1. The largest absolute Gasteiger partial charge is 0.268 e. The second-order valence-corrected chi connectivity index (χ2v) is 7.89. The van der Waals surface area contributed by atoms with Crippen LogP contribution in [0.5, 0.6) is 0 Å². The van der Waals surface area contributed by atoms with Crippen LogP contribution in [0.15, 0.2) is 57.9 Å². The van der Waals surface area contributed by atoms with Gasteiger partial charge in [-0.1, -0.05) is 23.9 Å². The minimum absolute atomic E-state index is 0.106. The van der Waals surface area contributed by atoms with E-state index in [-0.39, 0.29) is 5.56 Å². The molecule has 0 aliphatic rings. The molecule has 0 aliphatic carbocycles. The topological polar surface area (TPSA) is 60.7 Å². The molecule has 7 heteroatoms. The lowest BCUT2D eigenvalue weighted by Gasteiger charge is -2.12. The van der Waals surface area contributed by atoms with E-state index in [0.29, 0.717) is 27.6 Å². The van der Waals surface area contributed by atoms with E-state index in [4.69, 9.17) is 4.98 Å². The van der Waals surface area contributed by atoms with Crippen molar-refractivity contribution in [1.82, 2.24) is 19.5 Å². The summed E-state index contributed by atoms with van der Waals surface area (Å²) in [7, 11) is 0. The second kappa shape index (κ2) is 7.01. The molecule has 0 fully saturated rings. The molecule has 0 atom stereocenters. The number of rotatable bonds is 4. The second-order valence-electron chi connectivity index (χ2n) is 5.89. The van der Waals surface area contributed by atoms with Gasteiger partial charge in [0.25, 0.3) is 5.56 Å². The highest BCUT2D eigenvalue weighted by Gasteiger charge is 2.15. The molecule has 1 aromatic carbocycles. The Hall–Kier alpha value is -2.51. The summed E-state index contributed by atoms with van der Waals surface area (Å²) in [5.41, 5.74) is 2.62. The van der Waals surface area contributed by atoms with E-state index >= 15 is 0 Å². The van der Waals surface area contributed by atoms with Crippen LogP contribution in [0.3, 0.4) is 0 Å². The lowest BCUT2D eigenvalue weighted by Crippen LogP contribution is -2.22. The average molecular weight is 380 g/mol. The molecule has 0 saturated heterocycles. The highest BCUT2D eigenvalue weighted by molar-refractivity contribution is 7.98. The molecule has 0 spiro atoms. The van der Waals surface area contributed by atoms with E-state index in [0.717, 1.165) is 16.3 Å². The SMILES string of the molecule is Cc1ccnc(-n2c(SCc3csc(C)n3)nc3ccccc3c2=O)c1. The van der Waals surface area contributed by atoms with Crippen molar-refractivity contribution in [2.45, 2.75) is 24.8 Å². The van der Waals surface area contributed by atoms with Gasteiger partial charge >= 0.3 is 0 Å². The van der Waals surface area contributed by atoms with Crippen LogP contribution >= 0.6 is 23.1 Å². The van der Waals surface area contributed by atoms with Gasteiger partial charge in [-0.05, 0) is 43.7 Å². The summed E-state index contributed by atoms with van der Waals surface area (Å²) in [5, 5.41) is 4.28. The van der Waals surface area contributed by atoms with Crippen LogP contribution in [0.25, 0.3) is 16.7 Å². The van der Waals surface area contributed by atoms with Gasteiger partial charge in [-0.25, -0.2) is 19.5 Å². The van der Waals surface area contributed by atoms with E-state index in [1.807, 2.05) is 49.6 Å². The minimum atomic E-state index is -0.106. The zero-order valence-corrected chi connectivity index (χ0v) is 16.0. The van der Waals surface area contributed by atoms with Gasteiger partial charge in [0.15, 0.2) is 5.16 Å². The van der Waals surface area contributed by atoms with Crippen molar-refractivity contribution in [2.75, 3.05) is 0 Å². The third-order valence-corrected chi connectivity index (χ3v) is 5.69. The van der Waals surface area contributed by atoms with Gasteiger partial charge in [-0.3, -0.25) is 4.79 Å². The fourth-order valence-electron chi connectivity index (χ4n) is 2.67.